The molecule has 1 aromatic carbocycles. The number of rotatable bonds is 2. The van der Waals surface area contributed by atoms with E-state index in [2.05, 4.69) is 0 Å². The predicted molar refractivity (Wildman–Crippen MR) is 104 cm³/mol. The molecule has 3 atom stereocenters. The highest BCUT2D eigenvalue weighted by Gasteiger charge is 2.53. The Morgan fingerprint density at radius 3 is 2.38 bits per heavy atom. The van der Waals surface area contributed by atoms with E-state index in [4.69, 9.17) is 10.00 Å². The minimum Gasteiger partial charge on any atom is -0.465 e. The number of amides is 2. The van der Waals surface area contributed by atoms with Gasteiger partial charge in [0.05, 0.1) is 23.7 Å². The van der Waals surface area contributed by atoms with E-state index in [0.717, 1.165) is 17.0 Å². The van der Waals surface area contributed by atoms with Crippen LogP contribution >= 0.6 is 0 Å². The Morgan fingerprint density at radius 1 is 1.15 bits per heavy atom. The number of hydrogen-bond donors (Lipinski definition) is 1. The van der Waals surface area contributed by atoms with E-state index in [1.807, 2.05) is 0 Å². The second-order valence-electron chi connectivity index (χ2n) is 7.97. The Balaban J connectivity index is 1.88. The van der Waals surface area contributed by atoms with Gasteiger partial charge >= 0.3 is 18.4 Å². The molecule has 0 spiro atoms. The zero-order valence-corrected chi connectivity index (χ0v) is 17.7. The minimum atomic E-state index is -5.03. The number of hydrogen-bond acceptors (Lipinski definition) is 5. The van der Waals surface area contributed by atoms with E-state index < -0.39 is 66.1 Å². The first-order valence-electron chi connectivity index (χ1n) is 10.1. The zero-order chi connectivity index (χ0) is 25.4. The van der Waals surface area contributed by atoms with Crippen molar-refractivity contribution >= 4 is 17.7 Å². The summed E-state index contributed by atoms with van der Waals surface area (Å²) in [5.74, 6) is -0.819. The lowest BCUT2D eigenvalue weighted by molar-refractivity contribution is -0.214. The van der Waals surface area contributed by atoms with Crippen molar-refractivity contribution in [2.45, 2.75) is 44.1 Å². The molecule has 0 radical (unpaired) electrons. The van der Waals surface area contributed by atoms with Crippen LogP contribution in [0.25, 0.3) is 0 Å². The average molecular weight is 494 g/mol. The molecule has 0 bridgehead atoms. The molecule has 0 aromatic heterocycles. The molecule has 3 rings (SSSR count). The van der Waals surface area contributed by atoms with Crippen LogP contribution in [0.15, 0.2) is 18.2 Å². The molecular formula is C20H20F6N4O4. The van der Waals surface area contributed by atoms with Gasteiger partial charge in [-0.05, 0) is 31.5 Å². The number of halogens is 6. The highest BCUT2D eigenvalue weighted by Crippen LogP contribution is 2.39. The first-order chi connectivity index (χ1) is 15.7. The van der Waals surface area contributed by atoms with Crippen molar-refractivity contribution in [2.75, 3.05) is 31.1 Å². The van der Waals surface area contributed by atoms with Gasteiger partial charge in [-0.25, -0.2) is 4.79 Å². The van der Waals surface area contributed by atoms with Crippen molar-refractivity contribution in [1.82, 2.24) is 9.80 Å². The summed E-state index contributed by atoms with van der Waals surface area (Å²) in [5.41, 5.74) is -2.67. The number of ether oxygens (including phenoxy) is 1. The van der Waals surface area contributed by atoms with Crippen molar-refractivity contribution in [2.24, 2.45) is 0 Å². The van der Waals surface area contributed by atoms with Crippen molar-refractivity contribution in [1.29, 1.82) is 5.26 Å². The number of anilines is 1. The Labute approximate surface area is 189 Å². The molecule has 186 valence electrons. The van der Waals surface area contributed by atoms with Gasteiger partial charge < -0.3 is 24.5 Å². The van der Waals surface area contributed by atoms with Crippen molar-refractivity contribution < 1.29 is 45.8 Å². The van der Waals surface area contributed by atoms with Gasteiger partial charge in [-0.2, -0.15) is 31.6 Å². The molecule has 2 aliphatic rings. The van der Waals surface area contributed by atoms with Crippen LogP contribution in [0.3, 0.4) is 0 Å². The molecule has 2 amide bonds. The fourth-order valence-corrected chi connectivity index (χ4v) is 4.07. The molecule has 1 N–H and O–H groups in total. The molecule has 2 saturated heterocycles. The van der Waals surface area contributed by atoms with Crippen LogP contribution in [-0.2, 0) is 15.7 Å². The van der Waals surface area contributed by atoms with Crippen molar-refractivity contribution in [3.8, 4) is 6.07 Å². The van der Waals surface area contributed by atoms with Crippen LogP contribution < -0.4 is 4.90 Å². The predicted octanol–water partition coefficient (Wildman–Crippen LogP) is 3.27. The lowest BCUT2D eigenvalue weighted by Crippen LogP contribution is -2.46. The molecular weight excluding hydrogens is 474 g/mol. The summed E-state index contributed by atoms with van der Waals surface area (Å²) in [4.78, 5) is 27.1. The van der Waals surface area contributed by atoms with Crippen molar-refractivity contribution in [3.05, 3.63) is 29.3 Å². The van der Waals surface area contributed by atoms with Crippen LogP contribution in [-0.4, -0.2) is 77.6 Å². The van der Waals surface area contributed by atoms with Gasteiger partial charge in [0.1, 0.15) is 0 Å². The normalized spacial score (nSPS) is 24.1. The van der Waals surface area contributed by atoms with Gasteiger partial charge in [-0.3, -0.25) is 4.79 Å². The Morgan fingerprint density at radius 2 is 1.82 bits per heavy atom. The van der Waals surface area contributed by atoms with Gasteiger partial charge in [-0.1, -0.05) is 0 Å². The minimum absolute atomic E-state index is 0.0727. The van der Waals surface area contributed by atoms with E-state index in [1.54, 1.807) is 6.92 Å². The first-order valence-corrected chi connectivity index (χ1v) is 10.1. The molecule has 0 aliphatic carbocycles. The molecule has 34 heavy (non-hydrogen) atoms. The number of carboxylic acid groups (broad SMARTS) is 1. The van der Waals surface area contributed by atoms with Crippen LogP contribution in [0.5, 0.6) is 0 Å². The standard InChI is InChI=1S/C20H20F6N4O4/c1-11-9-28(5-2-6-29(11)18(32)33)16(31)15-10-30(17(34-15)20(24,25)26)13-4-3-12(8-27)14(7-13)19(21,22)23/h3-4,7,11,15,17H,2,5-6,9-10H2,1H3,(H,32,33). The number of carbonyl (C=O) groups excluding carboxylic acids is 1. The Hall–Kier alpha value is -3.21. The molecule has 8 nitrogen and oxygen atoms in total. The monoisotopic (exact) mass is 494 g/mol. The maximum atomic E-state index is 13.7. The summed E-state index contributed by atoms with van der Waals surface area (Å²) in [6.07, 6.45) is -15.3. The lowest BCUT2D eigenvalue weighted by atomic mass is 10.1. The third-order valence-electron chi connectivity index (χ3n) is 5.66. The van der Waals surface area contributed by atoms with E-state index in [9.17, 15) is 41.0 Å². The Kier molecular flexibility index (Phi) is 6.88. The van der Waals surface area contributed by atoms with E-state index in [0.29, 0.717) is 11.0 Å². The van der Waals surface area contributed by atoms with Crippen LogP contribution in [0.4, 0.5) is 36.8 Å². The first kappa shape index (κ1) is 25.4. The summed E-state index contributed by atoms with van der Waals surface area (Å²) in [6, 6.07) is 2.85. The highest BCUT2D eigenvalue weighted by molar-refractivity contribution is 5.82. The zero-order valence-electron chi connectivity index (χ0n) is 17.7. The van der Waals surface area contributed by atoms with Crippen LogP contribution in [0.2, 0.25) is 0 Å². The molecule has 0 saturated carbocycles. The van der Waals surface area contributed by atoms with Gasteiger partial charge in [-0.15, -0.1) is 0 Å². The van der Waals surface area contributed by atoms with Crippen molar-refractivity contribution in [3.63, 3.8) is 0 Å². The maximum Gasteiger partial charge on any atom is 0.433 e. The second kappa shape index (κ2) is 9.21. The summed E-state index contributed by atoms with van der Waals surface area (Å²) in [5, 5.41) is 18.2. The molecule has 2 heterocycles. The van der Waals surface area contributed by atoms with Gasteiger partial charge in [0.2, 0.25) is 6.23 Å². The Bertz CT molecular complexity index is 993. The summed E-state index contributed by atoms with van der Waals surface area (Å²) >= 11 is 0. The average Bonchev–Trinajstić information content (AvgIpc) is 3.10. The number of alkyl halides is 6. The van der Waals surface area contributed by atoms with Gasteiger partial charge in [0.15, 0.2) is 6.10 Å². The SMILES string of the molecule is CC1CN(C(=O)C2CN(c3ccc(C#N)c(C(F)(F)F)c3)C(C(F)(F)F)O2)CCCN1C(=O)O. The van der Waals surface area contributed by atoms with Crippen LogP contribution in [0.1, 0.15) is 24.5 Å². The lowest BCUT2D eigenvalue weighted by Gasteiger charge is -2.28. The van der Waals surface area contributed by atoms with E-state index in [1.165, 1.54) is 11.0 Å². The van der Waals surface area contributed by atoms with E-state index in [-0.39, 0.29) is 26.1 Å². The number of nitriles is 1. The molecule has 1 aromatic rings. The fraction of sp³-hybridized carbons (Fsp3) is 0.550. The highest BCUT2D eigenvalue weighted by atomic mass is 19.4. The quantitative estimate of drug-likeness (QED) is 0.634. The maximum absolute atomic E-state index is 13.7. The van der Waals surface area contributed by atoms with Gasteiger partial charge in [0, 0.05) is 31.4 Å². The largest absolute Gasteiger partial charge is 0.465 e. The smallest absolute Gasteiger partial charge is 0.433 e. The van der Waals surface area contributed by atoms with Gasteiger partial charge in [0.25, 0.3) is 5.91 Å². The third kappa shape index (κ3) is 5.14. The third-order valence-corrected chi connectivity index (χ3v) is 5.66. The molecule has 14 heteroatoms. The second-order valence-corrected chi connectivity index (χ2v) is 7.97. The summed E-state index contributed by atoms with van der Waals surface area (Å²) in [6.45, 7) is 1.01. The molecule has 3 unspecified atom stereocenters. The molecule has 2 aliphatic heterocycles. The van der Waals surface area contributed by atoms with Crippen LogP contribution in [0, 0.1) is 11.3 Å². The summed E-state index contributed by atoms with van der Waals surface area (Å²) < 4.78 is 86.0. The fourth-order valence-electron chi connectivity index (χ4n) is 4.07. The van der Waals surface area contributed by atoms with E-state index >= 15 is 0 Å². The topological polar surface area (TPSA) is 97.1 Å². The number of benzene rings is 1. The number of nitrogens with zero attached hydrogens (tertiary/aromatic N) is 4. The number of carbonyl (C=O) groups is 2. The summed E-state index contributed by atoms with van der Waals surface area (Å²) in [7, 11) is 0. The molecule has 2 fully saturated rings.